The zero-order valence-corrected chi connectivity index (χ0v) is 50.2. The molecule has 0 aliphatic rings. The molecule has 0 bridgehead atoms. The van der Waals surface area contributed by atoms with E-state index in [2.05, 4.69) is 118 Å². The number of carbonyl (C=O) groups is 3. The molecule has 12 heteroatoms. The molecule has 11 nitrogen and oxygen atoms in total. The molecule has 0 saturated heterocycles. The maximum absolute atomic E-state index is 12.9. The number of aliphatic hydroxyl groups excluding tert-OH is 1. The number of hydrogen-bond acceptors (Lipinski definition) is 10. The highest BCUT2D eigenvalue weighted by molar-refractivity contribution is 7.47. The third-order valence-corrected chi connectivity index (χ3v) is 13.6. The Morgan fingerprint density at radius 3 is 1.09 bits per heavy atom. The van der Waals surface area contributed by atoms with Crippen molar-refractivity contribution in [2.45, 2.75) is 264 Å². The molecule has 446 valence electrons. The summed E-state index contributed by atoms with van der Waals surface area (Å²) in [5.74, 6) is -1.56. The van der Waals surface area contributed by atoms with Crippen LogP contribution in [0.25, 0.3) is 0 Å². The van der Waals surface area contributed by atoms with Crippen LogP contribution >= 0.6 is 7.82 Å². The number of esters is 3. The summed E-state index contributed by atoms with van der Waals surface area (Å²) in [5, 5.41) is 9.83. The topological polar surface area (TPSA) is 155 Å². The SMILES string of the molecule is CC/C=C\C/C=C\C/C=C\C/C=C\C/C=C\CCCC(=O)OC(COC(=O)CCCCCCCCCCC/C=C\CCCCCCCC)COP(=O)(O)OCC(CO)OC(=O)CCCCCCC/C=C\C/C=C\C/C=C\CC. The lowest BCUT2D eigenvalue weighted by Gasteiger charge is -2.21. The van der Waals surface area contributed by atoms with Gasteiger partial charge < -0.3 is 24.2 Å². The molecule has 78 heavy (non-hydrogen) atoms. The summed E-state index contributed by atoms with van der Waals surface area (Å²) in [6.07, 6.45) is 71.9. The Bertz CT molecular complexity index is 1720. The molecule has 0 saturated carbocycles. The fourth-order valence-corrected chi connectivity index (χ4v) is 8.83. The maximum atomic E-state index is 12.9. The van der Waals surface area contributed by atoms with Crippen molar-refractivity contribution in [2.24, 2.45) is 0 Å². The lowest BCUT2D eigenvalue weighted by Crippen LogP contribution is -2.30. The summed E-state index contributed by atoms with van der Waals surface area (Å²) in [6, 6.07) is 0. The van der Waals surface area contributed by atoms with Gasteiger partial charge in [0, 0.05) is 19.3 Å². The zero-order chi connectivity index (χ0) is 56.9. The van der Waals surface area contributed by atoms with Gasteiger partial charge in [0.15, 0.2) is 6.10 Å². The molecule has 3 atom stereocenters. The Labute approximate surface area is 475 Å². The van der Waals surface area contributed by atoms with Gasteiger partial charge in [-0.2, -0.15) is 0 Å². The van der Waals surface area contributed by atoms with E-state index in [-0.39, 0.29) is 25.9 Å². The number of phosphoric ester groups is 1. The van der Waals surface area contributed by atoms with E-state index in [4.69, 9.17) is 23.3 Å². The van der Waals surface area contributed by atoms with Crippen LogP contribution in [0.4, 0.5) is 0 Å². The van der Waals surface area contributed by atoms with Gasteiger partial charge in [0.2, 0.25) is 0 Å². The first-order chi connectivity index (χ1) is 38.2. The fraction of sp³-hybridized carbons (Fsp3) is 0.682. The summed E-state index contributed by atoms with van der Waals surface area (Å²) in [6.45, 7) is 4.34. The quantitative estimate of drug-likeness (QED) is 0.0197. The van der Waals surface area contributed by atoms with E-state index in [1.807, 2.05) is 12.2 Å². The van der Waals surface area contributed by atoms with Crippen molar-refractivity contribution in [3.8, 4) is 0 Å². The van der Waals surface area contributed by atoms with Crippen LogP contribution in [0, 0.1) is 0 Å². The summed E-state index contributed by atoms with van der Waals surface area (Å²) in [4.78, 5) is 48.7. The Kier molecular flexibility index (Phi) is 56.3. The zero-order valence-electron chi connectivity index (χ0n) is 49.3. The summed E-state index contributed by atoms with van der Waals surface area (Å²) < 4.78 is 39.5. The predicted molar refractivity (Wildman–Crippen MR) is 325 cm³/mol. The molecule has 0 aliphatic carbocycles. The highest BCUT2D eigenvalue weighted by Gasteiger charge is 2.28. The first-order valence-corrected chi connectivity index (χ1v) is 32.3. The number of allylic oxidation sites excluding steroid dienone is 18. The third-order valence-electron chi connectivity index (χ3n) is 12.7. The molecule has 0 aromatic heterocycles. The Balaban J connectivity index is 4.80. The highest BCUT2D eigenvalue weighted by Crippen LogP contribution is 2.43. The van der Waals surface area contributed by atoms with E-state index in [1.54, 1.807) is 0 Å². The Morgan fingerprint density at radius 2 is 0.679 bits per heavy atom. The number of hydrogen-bond donors (Lipinski definition) is 2. The van der Waals surface area contributed by atoms with Gasteiger partial charge in [0.25, 0.3) is 0 Å². The number of aliphatic hydroxyl groups is 1. The minimum Gasteiger partial charge on any atom is -0.462 e. The second-order valence-corrected chi connectivity index (χ2v) is 21.6. The van der Waals surface area contributed by atoms with Gasteiger partial charge in [-0.3, -0.25) is 23.4 Å². The normalized spacial score (nSPS) is 14.1. The van der Waals surface area contributed by atoms with Crippen LogP contribution in [0.1, 0.15) is 252 Å². The fourth-order valence-electron chi connectivity index (χ4n) is 8.05. The molecule has 2 N–H and O–H groups in total. The smallest absolute Gasteiger partial charge is 0.462 e. The third kappa shape index (κ3) is 56.8. The number of rotatable bonds is 56. The lowest BCUT2D eigenvalue weighted by molar-refractivity contribution is -0.161. The van der Waals surface area contributed by atoms with E-state index in [9.17, 15) is 28.9 Å². The van der Waals surface area contributed by atoms with Gasteiger partial charge in [0.05, 0.1) is 19.8 Å². The van der Waals surface area contributed by atoms with Crippen molar-refractivity contribution >= 4 is 25.7 Å². The van der Waals surface area contributed by atoms with Crippen LogP contribution in [0.5, 0.6) is 0 Å². The molecule has 0 amide bonds. The lowest BCUT2D eigenvalue weighted by atomic mass is 10.1. The van der Waals surface area contributed by atoms with Crippen LogP contribution in [0.2, 0.25) is 0 Å². The van der Waals surface area contributed by atoms with E-state index in [0.717, 1.165) is 103 Å². The van der Waals surface area contributed by atoms with Crippen LogP contribution in [0.15, 0.2) is 109 Å². The average molecular weight is 1110 g/mol. The van der Waals surface area contributed by atoms with Gasteiger partial charge in [0.1, 0.15) is 12.7 Å². The number of carbonyl (C=O) groups excluding carboxylic acids is 3. The van der Waals surface area contributed by atoms with Crippen molar-refractivity contribution in [3.63, 3.8) is 0 Å². The van der Waals surface area contributed by atoms with Crippen molar-refractivity contribution < 1.29 is 52.2 Å². The first-order valence-electron chi connectivity index (χ1n) is 30.8. The van der Waals surface area contributed by atoms with E-state index < -0.39 is 57.8 Å². The molecular weight excluding hydrogens is 1000 g/mol. The second-order valence-electron chi connectivity index (χ2n) is 20.1. The number of ether oxygens (including phenoxy) is 3. The standard InChI is InChI=1S/C66H111O11P/c1-4-7-10-13-16-19-22-25-28-30-31-33-35-37-40-43-46-49-52-55-64(68)73-59-63(77-66(70)57-54-51-48-45-42-39-36-32-29-26-23-20-17-14-11-8-5-2)61-75-78(71,72)74-60-62(58-67)76-65(69)56-53-50-47-44-41-38-34-27-24-21-18-15-12-9-6-3/h8-9,11-12,17-18,20-21,25-29,34,36,39,45,48,62-63,67H,4-7,10,13-16,19,22-24,30-33,35,37-38,40-44,46-47,49-61H2,1-3H3,(H,71,72)/b11-8-,12-9-,20-17-,21-18-,28-25-,29-26-,34-27-,39-36-,48-45-. The summed E-state index contributed by atoms with van der Waals surface area (Å²) >= 11 is 0. The Hall–Kier alpha value is -3.86. The highest BCUT2D eigenvalue weighted by atomic mass is 31.2. The molecule has 3 unspecified atom stereocenters. The summed E-state index contributed by atoms with van der Waals surface area (Å²) in [5.41, 5.74) is 0. The van der Waals surface area contributed by atoms with Crippen molar-refractivity contribution in [3.05, 3.63) is 109 Å². The molecular formula is C66H111O11P. The van der Waals surface area contributed by atoms with Crippen LogP contribution < -0.4 is 0 Å². The van der Waals surface area contributed by atoms with Gasteiger partial charge in [-0.05, 0) is 116 Å². The molecule has 0 aromatic carbocycles. The molecule has 0 fully saturated rings. The molecule has 0 rings (SSSR count). The van der Waals surface area contributed by atoms with Gasteiger partial charge in [-0.15, -0.1) is 0 Å². The number of unbranched alkanes of at least 4 members (excludes halogenated alkanes) is 21. The molecule has 0 radical (unpaired) electrons. The monoisotopic (exact) mass is 1110 g/mol. The van der Waals surface area contributed by atoms with Crippen molar-refractivity contribution in [1.82, 2.24) is 0 Å². The maximum Gasteiger partial charge on any atom is 0.472 e. The van der Waals surface area contributed by atoms with E-state index in [0.29, 0.717) is 25.7 Å². The van der Waals surface area contributed by atoms with Crippen molar-refractivity contribution in [1.29, 1.82) is 0 Å². The van der Waals surface area contributed by atoms with Gasteiger partial charge in [-0.25, -0.2) is 4.57 Å². The Morgan fingerprint density at radius 1 is 0.372 bits per heavy atom. The average Bonchev–Trinajstić information content (AvgIpc) is 3.43. The van der Waals surface area contributed by atoms with Gasteiger partial charge in [-0.1, -0.05) is 226 Å². The number of phosphoric acid groups is 1. The molecule has 0 aliphatic heterocycles. The predicted octanol–water partition coefficient (Wildman–Crippen LogP) is 18.6. The van der Waals surface area contributed by atoms with E-state index in [1.165, 1.54) is 83.5 Å². The van der Waals surface area contributed by atoms with Crippen LogP contribution in [-0.4, -0.2) is 66.5 Å². The minimum atomic E-state index is -4.78. The van der Waals surface area contributed by atoms with Crippen LogP contribution in [0.3, 0.4) is 0 Å². The molecule has 0 spiro atoms. The molecule has 0 aromatic rings. The second kappa shape index (κ2) is 59.3. The molecule has 0 heterocycles. The first kappa shape index (κ1) is 74.1. The van der Waals surface area contributed by atoms with Gasteiger partial charge >= 0.3 is 25.7 Å². The summed E-state index contributed by atoms with van der Waals surface area (Å²) in [7, 11) is -4.78. The van der Waals surface area contributed by atoms with E-state index >= 15 is 0 Å². The minimum absolute atomic E-state index is 0.0834. The van der Waals surface area contributed by atoms with Crippen molar-refractivity contribution in [2.75, 3.05) is 26.4 Å². The van der Waals surface area contributed by atoms with Crippen LogP contribution in [-0.2, 0) is 42.2 Å². The largest absolute Gasteiger partial charge is 0.472 e.